The summed E-state index contributed by atoms with van der Waals surface area (Å²) in [6.45, 7) is 3.54. The molecule has 0 radical (unpaired) electrons. The number of nitrogens with zero attached hydrogens (tertiary/aromatic N) is 3. The number of amides is 2. The van der Waals surface area contributed by atoms with E-state index >= 15 is 0 Å². The van der Waals surface area contributed by atoms with Crippen LogP contribution in [0.5, 0.6) is 5.75 Å². The smallest absolute Gasteiger partial charge is 0.323 e. The molecule has 2 aromatic rings. The van der Waals surface area contributed by atoms with Crippen molar-refractivity contribution in [2.45, 2.75) is 0 Å². The van der Waals surface area contributed by atoms with Crippen molar-refractivity contribution in [3.63, 3.8) is 0 Å². The van der Waals surface area contributed by atoms with Gasteiger partial charge in [-0.25, -0.2) is 4.79 Å². The number of hydrogen-bond acceptors (Lipinski definition) is 5. The van der Waals surface area contributed by atoms with Crippen molar-refractivity contribution >= 4 is 51.4 Å². The van der Waals surface area contributed by atoms with Gasteiger partial charge >= 0.3 is 6.03 Å². The largest absolute Gasteiger partial charge is 0.496 e. The third kappa shape index (κ3) is 5.26. The topological polar surface area (TPSA) is 69.2 Å². The molecule has 2 N–H and O–H groups in total. The number of halogens is 1. The van der Waals surface area contributed by atoms with Gasteiger partial charge < -0.3 is 20.3 Å². The van der Waals surface area contributed by atoms with Crippen LogP contribution in [0.3, 0.4) is 0 Å². The number of carbonyl (C=O) groups excluding carboxylic acids is 1. The average Bonchev–Trinajstić information content (AvgIpc) is 2.69. The number of anilines is 3. The van der Waals surface area contributed by atoms with Crippen molar-refractivity contribution in [1.29, 1.82) is 0 Å². The van der Waals surface area contributed by atoms with Gasteiger partial charge in [-0.3, -0.25) is 5.01 Å². The van der Waals surface area contributed by atoms with E-state index in [0.29, 0.717) is 17.1 Å². The lowest BCUT2D eigenvalue weighted by molar-refractivity contribution is 0.262. The first-order chi connectivity index (χ1) is 13.4. The Morgan fingerprint density at radius 1 is 1.11 bits per heavy atom. The highest BCUT2D eigenvalue weighted by molar-refractivity contribution is 9.11. The zero-order chi connectivity index (χ0) is 20.7. The molecule has 0 atom stereocenters. The highest BCUT2D eigenvalue weighted by Gasteiger charge is 2.14. The summed E-state index contributed by atoms with van der Waals surface area (Å²) in [7, 11) is 7.28. The number of ether oxygens (including phenoxy) is 1. The predicted molar refractivity (Wildman–Crippen MR) is 121 cm³/mol. The fourth-order valence-electron chi connectivity index (χ4n) is 2.50. The standard InChI is InChI=1S/C20H24BrN5O2/c1-22-26(4)18(13-21)17-12-15(8-11-19(17)28-5)24-20(27)23-14-6-9-16(10-7-14)25(2)3/h6-13H,1H2,2-5H3,(H2,23,24,27)/b18-13+. The summed E-state index contributed by atoms with van der Waals surface area (Å²) in [5.74, 6) is 0.645. The molecule has 28 heavy (non-hydrogen) atoms. The number of hydrogen-bond donors (Lipinski definition) is 2. The predicted octanol–water partition coefficient (Wildman–Crippen LogP) is 4.65. The molecule has 0 heterocycles. The van der Waals surface area contributed by atoms with Crippen LogP contribution in [0.25, 0.3) is 5.70 Å². The van der Waals surface area contributed by atoms with Crippen molar-refractivity contribution in [3.05, 3.63) is 53.0 Å². The van der Waals surface area contributed by atoms with E-state index in [1.807, 2.05) is 49.3 Å². The second-order valence-electron chi connectivity index (χ2n) is 6.09. The first-order valence-corrected chi connectivity index (χ1v) is 9.35. The van der Waals surface area contributed by atoms with Crippen LogP contribution in [0, 0.1) is 0 Å². The molecule has 0 aliphatic rings. The molecule has 148 valence electrons. The summed E-state index contributed by atoms with van der Waals surface area (Å²) < 4.78 is 5.43. The molecule has 8 heteroatoms. The summed E-state index contributed by atoms with van der Waals surface area (Å²) in [6.07, 6.45) is 0. The number of hydrazone groups is 1. The van der Waals surface area contributed by atoms with Crippen molar-refractivity contribution in [2.24, 2.45) is 5.10 Å². The van der Waals surface area contributed by atoms with Crippen LogP contribution < -0.4 is 20.3 Å². The number of benzene rings is 2. The second-order valence-corrected chi connectivity index (χ2v) is 6.55. The minimum absolute atomic E-state index is 0.340. The first-order valence-electron chi connectivity index (χ1n) is 8.44. The Morgan fingerprint density at radius 2 is 1.71 bits per heavy atom. The lowest BCUT2D eigenvalue weighted by atomic mass is 10.1. The third-order valence-corrected chi connectivity index (χ3v) is 4.47. The van der Waals surface area contributed by atoms with Gasteiger partial charge in [-0.1, -0.05) is 15.9 Å². The molecular formula is C20H24BrN5O2. The van der Waals surface area contributed by atoms with Crippen LogP contribution >= 0.6 is 15.9 Å². The molecule has 0 aliphatic carbocycles. The molecule has 7 nitrogen and oxygen atoms in total. The first kappa shape index (κ1) is 21.3. The van der Waals surface area contributed by atoms with Gasteiger partial charge in [-0.15, -0.1) is 0 Å². The normalized spacial score (nSPS) is 10.8. The van der Waals surface area contributed by atoms with E-state index in [0.717, 1.165) is 16.9 Å². The fraction of sp³-hybridized carbons (Fsp3) is 0.200. The Labute approximate surface area is 173 Å². The Balaban J connectivity index is 2.18. The Hall–Kier alpha value is -3.00. The van der Waals surface area contributed by atoms with E-state index in [-0.39, 0.29) is 6.03 Å². The van der Waals surface area contributed by atoms with E-state index in [2.05, 4.69) is 38.4 Å². The van der Waals surface area contributed by atoms with Gasteiger partial charge in [0.1, 0.15) is 5.75 Å². The van der Waals surface area contributed by atoms with Crippen LogP contribution in [0.4, 0.5) is 21.9 Å². The van der Waals surface area contributed by atoms with Gasteiger partial charge in [0.2, 0.25) is 0 Å². The third-order valence-electron chi connectivity index (χ3n) is 4.04. The highest BCUT2D eigenvalue weighted by Crippen LogP contribution is 2.31. The quantitative estimate of drug-likeness (QED) is 0.480. The minimum atomic E-state index is -0.340. The molecule has 0 unspecified atom stereocenters. The Kier molecular flexibility index (Phi) is 7.45. The minimum Gasteiger partial charge on any atom is -0.496 e. The van der Waals surface area contributed by atoms with E-state index in [4.69, 9.17) is 4.74 Å². The van der Waals surface area contributed by atoms with Crippen LogP contribution in [-0.4, -0.2) is 46.0 Å². The zero-order valence-corrected chi connectivity index (χ0v) is 17.9. The van der Waals surface area contributed by atoms with Crippen LogP contribution in [-0.2, 0) is 0 Å². The second kappa shape index (κ2) is 9.80. The molecule has 2 amide bonds. The lowest BCUT2D eigenvalue weighted by Crippen LogP contribution is -2.20. The summed E-state index contributed by atoms with van der Waals surface area (Å²) in [6, 6.07) is 12.6. The molecule has 0 fully saturated rings. The highest BCUT2D eigenvalue weighted by atomic mass is 79.9. The van der Waals surface area contributed by atoms with E-state index in [1.54, 1.807) is 36.3 Å². The monoisotopic (exact) mass is 445 g/mol. The van der Waals surface area contributed by atoms with E-state index in [9.17, 15) is 4.79 Å². The number of methoxy groups -OCH3 is 1. The van der Waals surface area contributed by atoms with Gasteiger partial charge in [0.15, 0.2) is 0 Å². The van der Waals surface area contributed by atoms with Gasteiger partial charge in [-0.05, 0) is 42.5 Å². The molecule has 0 aliphatic heterocycles. The molecule has 2 aromatic carbocycles. The number of carbonyl (C=O) groups is 1. The van der Waals surface area contributed by atoms with Gasteiger partial charge in [0.25, 0.3) is 0 Å². The molecular weight excluding hydrogens is 422 g/mol. The molecule has 0 spiro atoms. The number of urea groups is 1. The molecule has 0 bridgehead atoms. The summed E-state index contributed by atoms with van der Waals surface area (Å²) in [4.78, 5) is 16.1. The lowest BCUT2D eigenvalue weighted by Gasteiger charge is -2.19. The van der Waals surface area contributed by atoms with Gasteiger partial charge in [0, 0.05) is 55.5 Å². The molecule has 0 saturated carbocycles. The van der Waals surface area contributed by atoms with Crippen LogP contribution in [0.2, 0.25) is 0 Å². The van der Waals surface area contributed by atoms with Crippen molar-refractivity contribution in [2.75, 3.05) is 43.8 Å². The average molecular weight is 446 g/mol. The fourth-order valence-corrected chi connectivity index (χ4v) is 3.05. The molecule has 2 rings (SSSR count). The van der Waals surface area contributed by atoms with Gasteiger partial charge in [0.05, 0.1) is 12.8 Å². The Bertz CT molecular complexity index is 865. The van der Waals surface area contributed by atoms with Crippen molar-refractivity contribution in [3.8, 4) is 5.75 Å². The number of nitrogens with one attached hydrogen (secondary N) is 2. The summed E-state index contributed by atoms with van der Waals surface area (Å²) in [5, 5.41) is 11.2. The Morgan fingerprint density at radius 3 is 2.25 bits per heavy atom. The zero-order valence-electron chi connectivity index (χ0n) is 16.4. The van der Waals surface area contributed by atoms with Crippen molar-refractivity contribution < 1.29 is 9.53 Å². The van der Waals surface area contributed by atoms with Crippen LogP contribution in [0.15, 0.2) is 52.6 Å². The summed E-state index contributed by atoms with van der Waals surface area (Å²) in [5.41, 5.74) is 3.85. The molecule has 0 saturated heterocycles. The van der Waals surface area contributed by atoms with E-state index < -0.39 is 0 Å². The maximum absolute atomic E-state index is 12.4. The maximum atomic E-state index is 12.4. The number of rotatable bonds is 7. The van der Waals surface area contributed by atoms with E-state index in [1.165, 1.54) is 0 Å². The van der Waals surface area contributed by atoms with Crippen molar-refractivity contribution in [1.82, 2.24) is 5.01 Å². The summed E-state index contributed by atoms with van der Waals surface area (Å²) >= 11 is 3.34. The van der Waals surface area contributed by atoms with Crippen LogP contribution in [0.1, 0.15) is 5.56 Å². The molecule has 0 aromatic heterocycles. The van der Waals surface area contributed by atoms with Gasteiger partial charge in [-0.2, -0.15) is 5.10 Å². The maximum Gasteiger partial charge on any atom is 0.323 e. The SMILES string of the molecule is C=NN(C)/C(=C/Br)c1cc(NC(=O)Nc2ccc(N(C)C)cc2)ccc1OC.